The number of phosphoric ester groups is 2. The van der Waals surface area contributed by atoms with Gasteiger partial charge in [0.2, 0.25) is 0 Å². The van der Waals surface area contributed by atoms with Crippen molar-refractivity contribution >= 4 is 39.5 Å². The van der Waals surface area contributed by atoms with Crippen LogP contribution in [0.15, 0.2) is 0 Å². The topological polar surface area (TPSA) is 237 Å². The fourth-order valence-electron chi connectivity index (χ4n) is 8.71. The van der Waals surface area contributed by atoms with Crippen molar-refractivity contribution in [3.63, 3.8) is 0 Å². The summed E-state index contributed by atoms with van der Waals surface area (Å²) in [5, 5.41) is 10.5. The molecular formula is C60H116O17P2. The zero-order chi connectivity index (χ0) is 58.8. The molecule has 19 heteroatoms. The molecule has 0 bridgehead atoms. The number of carbonyl (C=O) groups excluding carboxylic acids is 4. The van der Waals surface area contributed by atoms with E-state index in [2.05, 4.69) is 48.5 Å². The number of aliphatic hydroxyl groups excluding tert-OH is 1. The van der Waals surface area contributed by atoms with E-state index in [0.29, 0.717) is 31.6 Å². The molecule has 0 saturated carbocycles. The number of rotatable bonds is 58. The van der Waals surface area contributed by atoms with Crippen LogP contribution in [0.5, 0.6) is 0 Å². The van der Waals surface area contributed by atoms with E-state index < -0.39 is 97.5 Å². The summed E-state index contributed by atoms with van der Waals surface area (Å²) in [4.78, 5) is 71.9. The molecule has 0 aliphatic rings. The summed E-state index contributed by atoms with van der Waals surface area (Å²) in [5.41, 5.74) is 0. The van der Waals surface area contributed by atoms with E-state index in [4.69, 9.17) is 37.0 Å². The molecule has 79 heavy (non-hydrogen) atoms. The summed E-state index contributed by atoms with van der Waals surface area (Å²) >= 11 is 0. The molecule has 0 aromatic carbocycles. The quantitative estimate of drug-likeness (QED) is 0.0222. The molecule has 0 aliphatic carbocycles. The van der Waals surface area contributed by atoms with Crippen LogP contribution in [0.2, 0.25) is 0 Å². The van der Waals surface area contributed by atoms with Crippen molar-refractivity contribution < 1.29 is 80.2 Å². The van der Waals surface area contributed by atoms with Crippen LogP contribution in [-0.4, -0.2) is 96.7 Å². The van der Waals surface area contributed by atoms with E-state index in [-0.39, 0.29) is 25.7 Å². The van der Waals surface area contributed by atoms with Crippen LogP contribution in [0, 0.1) is 17.8 Å². The Balaban J connectivity index is 5.25. The Morgan fingerprint density at radius 3 is 0.962 bits per heavy atom. The van der Waals surface area contributed by atoms with Gasteiger partial charge in [0.1, 0.15) is 19.3 Å². The van der Waals surface area contributed by atoms with Gasteiger partial charge < -0.3 is 33.8 Å². The van der Waals surface area contributed by atoms with Gasteiger partial charge in [-0.1, -0.05) is 235 Å². The molecule has 0 fully saturated rings. The molecule has 0 aliphatic heterocycles. The first-order valence-electron chi connectivity index (χ1n) is 31.4. The number of carbonyl (C=O) groups is 4. The Labute approximate surface area is 479 Å². The van der Waals surface area contributed by atoms with Crippen LogP contribution in [0.1, 0.15) is 286 Å². The van der Waals surface area contributed by atoms with Crippen molar-refractivity contribution in [2.75, 3.05) is 39.6 Å². The lowest BCUT2D eigenvalue weighted by atomic mass is 10.00. The molecule has 3 N–H and O–H groups in total. The van der Waals surface area contributed by atoms with Crippen LogP contribution in [0.4, 0.5) is 0 Å². The zero-order valence-electron chi connectivity index (χ0n) is 50.8. The molecule has 4 unspecified atom stereocenters. The van der Waals surface area contributed by atoms with E-state index >= 15 is 0 Å². The monoisotopic (exact) mass is 1170 g/mol. The number of phosphoric acid groups is 2. The van der Waals surface area contributed by atoms with E-state index in [0.717, 1.165) is 115 Å². The summed E-state index contributed by atoms with van der Waals surface area (Å²) in [7, 11) is -9.88. The molecule has 0 radical (unpaired) electrons. The van der Waals surface area contributed by atoms with Crippen LogP contribution >= 0.6 is 15.6 Å². The van der Waals surface area contributed by atoms with Gasteiger partial charge in [0.25, 0.3) is 0 Å². The zero-order valence-corrected chi connectivity index (χ0v) is 52.6. The molecule has 0 saturated heterocycles. The highest BCUT2D eigenvalue weighted by molar-refractivity contribution is 7.47. The van der Waals surface area contributed by atoms with Crippen molar-refractivity contribution in [2.24, 2.45) is 17.8 Å². The van der Waals surface area contributed by atoms with E-state index in [1.165, 1.54) is 83.5 Å². The first kappa shape index (κ1) is 77.1. The molecule has 0 aromatic heterocycles. The van der Waals surface area contributed by atoms with Crippen LogP contribution < -0.4 is 0 Å². The molecule has 0 heterocycles. The van der Waals surface area contributed by atoms with Gasteiger partial charge >= 0.3 is 39.5 Å². The lowest BCUT2D eigenvalue weighted by Gasteiger charge is -2.21. The Morgan fingerprint density at radius 1 is 0.367 bits per heavy atom. The molecule has 468 valence electrons. The molecule has 0 spiro atoms. The van der Waals surface area contributed by atoms with Crippen molar-refractivity contribution in [1.29, 1.82) is 0 Å². The Morgan fingerprint density at radius 2 is 0.646 bits per heavy atom. The second kappa shape index (κ2) is 51.7. The van der Waals surface area contributed by atoms with Gasteiger partial charge in [0, 0.05) is 25.7 Å². The second-order valence-corrected chi connectivity index (χ2v) is 25.6. The average Bonchev–Trinajstić information content (AvgIpc) is 3.41. The van der Waals surface area contributed by atoms with Gasteiger partial charge in [0.05, 0.1) is 26.4 Å². The minimum absolute atomic E-state index is 0.101. The van der Waals surface area contributed by atoms with Crippen LogP contribution in [0.3, 0.4) is 0 Å². The van der Waals surface area contributed by atoms with Crippen molar-refractivity contribution in [3.05, 3.63) is 0 Å². The number of unbranched alkanes of at least 4 members (excludes halogenated alkanes) is 24. The van der Waals surface area contributed by atoms with Crippen LogP contribution in [0.25, 0.3) is 0 Å². The summed E-state index contributed by atoms with van der Waals surface area (Å²) in [6, 6.07) is 0. The predicted octanol–water partition coefficient (Wildman–Crippen LogP) is 15.9. The van der Waals surface area contributed by atoms with Crippen LogP contribution in [-0.2, 0) is 65.4 Å². The Hall–Kier alpha value is -1.94. The number of hydrogen-bond acceptors (Lipinski definition) is 15. The number of esters is 4. The van der Waals surface area contributed by atoms with Crippen molar-refractivity contribution in [1.82, 2.24) is 0 Å². The SMILES string of the molecule is CCCCCCCCCCCCC(=O)O[C@H](COC(=O)CCCCCCCCC(C)C)COP(=O)(O)OC[C@H](O)COP(=O)(O)OC[C@@H](COC(=O)CCCCCCCCC(C)CC)OC(=O)CCCCCCCCC(C)CC. The summed E-state index contributed by atoms with van der Waals surface area (Å²) in [5.74, 6) is -0.0159. The standard InChI is InChI=1S/C60H116O17P2/c1-8-11-12-13-14-15-16-17-29-36-43-59(64)76-55(47-70-57(62)41-34-27-21-18-24-31-38-51(4)5)49-74-78(66,67)72-45-54(61)46-73-79(68,69)75-50-56(77-60(65)44-37-30-23-20-26-33-40-53(7)10-3)48-71-58(63)42-35-28-22-19-25-32-39-52(6)9-2/h51-56,61H,8-50H2,1-7H3,(H,66,67)(H,68,69)/t52?,53?,54-,55+,56+/m0/s1. The maximum absolute atomic E-state index is 12.9. The molecule has 17 nitrogen and oxygen atoms in total. The Kier molecular flexibility index (Phi) is 50.4. The van der Waals surface area contributed by atoms with Gasteiger partial charge in [0.15, 0.2) is 12.2 Å². The lowest BCUT2D eigenvalue weighted by molar-refractivity contribution is -0.161. The molecule has 0 rings (SSSR count). The van der Waals surface area contributed by atoms with Gasteiger partial charge in [-0.2, -0.15) is 0 Å². The third kappa shape index (κ3) is 52.6. The Bertz CT molecular complexity index is 1580. The maximum Gasteiger partial charge on any atom is 0.472 e. The summed E-state index contributed by atoms with van der Waals surface area (Å²) < 4.78 is 67.8. The van der Waals surface area contributed by atoms with Gasteiger partial charge in [-0.05, 0) is 43.4 Å². The second-order valence-electron chi connectivity index (χ2n) is 22.7. The van der Waals surface area contributed by atoms with E-state index in [1.807, 2.05) is 0 Å². The fourth-order valence-corrected chi connectivity index (χ4v) is 10.3. The van der Waals surface area contributed by atoms with Crippen molar-refractivity contribution in [3.8, 4) is 0 Å². The smallest absolute Gasteiger partial charge is 0.462 e. The third-order valence-corrected chi connectivity index (χ3v) is 16.3. The molecular weight excluding hydrogens is 1050 g/mol. The number of hydrogen-bond donors (Lipinski definition) is 3. The first-order valence-corrected chi connectivity index (χ1v) is 34.4. The highest BCUT2D eigenvalue weighted by Crippen LogP contribution is 2.45. The number of ether oxygens (including phenoxy) is 4. The fraction of sp³-hybridized carbons (Fsp3) is 0.933. The van der Waals surface area contributed by atoms with Gasteiger partial charge in [-0.3, -0.25) is 37.3 Å². The minimum Gasteiger partial charge on any atom is -0.462 e. The molecule has 0 amide bonds. The van der Waals surface area contributed by atoms with Gasteiger partial charge in [-0.25, -0.2) is 9.13 Å². The predicted molar refractivity (Wildman–Crippen MR) is 312 cm³/mol. The number of aliphatic hydroxyl groups is 1. The normalized spacial score (nSPS) is 15.2. The highest BCUT2D eigenvalue weighted by Gasteiger charge is 2.30. The third-order valence-electron chi connectivity index (χ3n) is 14.4. The minimum atomic E-state index is -4.94. The lowest BCUT2D eigenvalue weighted by Crippen LogP contribution is -2.30. The summed E-state index contributed by atoms with van der Waals surface area (Å²) in [6.07, 6.45) is 30.9. The van der Waals surface area contributed by atoms with E-state index in [9.17, 15) is 43.2 Å². The summed E-state index contributed by atoms with van der Waals surface area (Å²) in [6.45, 7) is 11.6. The molecule has 0 aromatic rings. The highest BCUT2D eigenvalue weighted by atomic mass is 31.2. The average molecular weight is 1170 g/mol. The maximum atomic E-state index is 12.9. The van der Waals surface area contributed by atoms with Gasteiger partial charge in [-0.15, -0.1) is 0 Å². The van der Waals surface area contributed by atoms with E-state index in [1.54, 1.807) is 0 Å². The van der Waals surface area contributed by atoms with Crippen molar-refractivity contribution in [2.45, 2.75) is 304 Å². The molecule has 7 atom stereocenters. The first-order chi connectivity index (χ1) is 37.8. The largest absolute Gasteiger partial charge is 0.472 e.